The number of nitrogens with zero attached hydrogens (tertiary/aromatic N) is 4. The van der Waals surface area contributed by atoms with Gasteiger partial charge in [0.05, 0.1) is 66.5 Å². The summed E-state index contributed by atoms with van der Waals surface area (Å²) in [5.74, 6) is 0.549. The average molecular weight is 498 g/mol. The van der Waals surface area contributed by atoms with Crippen molar-refractivity contribution >= 4 is 43.7 Å². The van der Waals surface area contributed by atoms with Crippen molar-refractivity contribution in [1.82, 2.24) is 9.80 Å². The van der Waals surface area contributed by atoms with Gasteiger partial charge in [-0.3, -0.25) is 9.59 Å². The molecule has 0 aromatic carbocycles. The maximum atomic E-state index is 12.0. The molecule has 0 aliphatic carbocycles. The molecule has 0 saturated carbocycles. The summed E-state index contributed by atoms with van der Waals surface area (Å²) in [6.07, 6.45) is 1.20. The Bertz CT molecular complexity index is 444. The van der Waals surface area contributed by atoms with Crippen molar-refractivity contribution in [2.24, 2.45) is 0 Å². The van der Waals surface area contributed by atoms with Crippen LogP contribution in [0.15, 0.2) is 0 Å². The zero-order chi connectivity index (χ0) is 19.2. The predicted octanol–water partition coefficient (Wildman–Crippen LogP) is 1.13. The molecule has 2 aliphatic rings. The van der Waals surface area contributed by atoms with Gasteiger partial charge < -0.3 is 18.8 Å². The quantitative estimate of drug-likeness (QED) is 0.391. The third-order valence-corrected chi connectivity index (χ3v) is 6.93. The fraction of sp³-hybridized carbons (Fsp3) is 0.889. The van der Waals surface area contributed by atoms with Crippen LogP contribution in [0.4, 0.5) is 0 Å². The van der Waals surface area contributed by atoms with Crippen LogP contribution in [-0.4, -0.2) is 121 Å². The van der Waals surface area contributed by atoms with E-state index in [1.165, 1.54) is 0 Å². The van der Waals surface area contributed by atoms with E-state index in [2.05, 4.69) is 46.0 Å². The molecule has 0 aromatic rings. The minimum absolute atomic E-state index is 0.274. The maximum Gasteiger partial charge on any atom is 0.223 e. The third kappa shape index (κ3) is 6.17. The Labute approximate surface area is 174 Å². The predicted molar refractivity (Wildman–Crippen MR) is 112 cm³/mol. The Morgan fingerprint density at radius 1 is 0.731 bits per heavy atom. The molecule has 2 heterocycles. The molecule has 2 aliphatic heterocycles. The van der Waals surface area contributed by atoms with Gasteiger partial charge in [0, 0.05) is 23.5 Å². The lowest BCUT2D eigenvalue weighted by Crippen LogP contribution is -2.64. The molecule has 2 rings (SSSR count). The largest absolute Gasteiger partial charge is 0.331 e. The lowest BCUT2D eigenvalue weighted by molar-refractivity contribution is -0.966. The number of rotatable bonds is 7. The van der Waals surface area contributed by atoms with Gasteiger partial charge in [-0.15, -0.1) is 0 Å². The molecule has 0 aromatic heterocycles. The smallest absolute Gasteiger partial charge is 0.223 e. The van der Waals surface area contributed by atoms with Crippen LogP contribution in [0.1, 0.15) is 12.8 Å². The molecule has 2 saturated heterocycles. The number of alkyl halides is 2. The van der Waals surface area contributed by atoms with Crippen molar-refractivity contribution in [3.05, 3.63) is 0 Å². The number of piperazine rings is 2. The molecule has 0 unspecified atom stereocenters. The second-order valence-electron chi connectivity index (χ2n) is 8.22. The summed E-state index contributed by atoms with van der Waals surface area (Å²) in [5, 5.41) is 1.50. The van der Waals surface area contributed by atoms with Crippen molar-refractivity contribution < 1.29 is 18.6 Å². The molecule has 2 amide bonds. The van der Waals surface area contributed by atoms with Crippen LogP contribution in [0.2, 0.25) is 0 Å². The highest BCUT2D eigenvalue weighted by molar-refractivity contribution is 9.09. The fourth-order valence-corrected chi connectivity index (χ4v) is 4.48. The number of quaternary nitrogens is 2. The number of hydrogen-bond acceptors (Lipinski definition) is 2. The summed E-state index contributed by atoms with van der Waals surface area (Å²) < 4.78 is 2.11. The molecule has 0 radical (unpaired) electrons. The Kier molecular flexibility index (Phi) is 8.37. The van der Waals surface area contributed by atoms with Crippen LogP contribution in [0.25, 0.3) is 0 Å². The third-order valence-electron chi connectivity index (χ3n) is 6.14. The number of hydrogen-bond donors (Lipinski definition) is 0. The highest BCUT2D eigenvalue weighted by Crippen LogP contribution is 2.16. The van der Waals surface area contributed by atoms with Gasteiger partial charge in [0.25, 0.3) is 0 Å². The molecule has 150 valence electrons. The lowest BCUT2D eigenvalue weighted by Gasteiger charge is -2.46. The SMILES string of the molecule is C[N+]1(CC[N+]2(C)CCN(C(=O)CCBr)CC2)CCN(C(=O)CCBr)CC1. The Morgan fingerprint density at radius 2 is 1.04 bits per heavy atom. The Morgan fingerprint density at radius 3 is 1.31 bits per heavy atom. The minimum Gasteiger partial charge on any atom is -0.331 e. The first-order valence-electron chi connectivity index (χ1n) is 9.65. The number of carbonyl (C=O) groups excluding carboxylic acids is 2. The van der Waals surface area contributed by atoms with Crippen molar-refractivity contribution in [2.75, 3.05) is 90.2 Å². The second kappa shape index (κ2) is 9.85. The summed E-state index contributed by atoms with van der Waals surface area (Å²) in [6.45, 7) is 9.98. The summed E-state index contributed by atoms with van der Waals surface area (Å²) in [5.41, 5.74) is 0. The fourth-order valence-electron chi connectivity index (χ4n) is 3.80. The van der Waals surface area contributed by atoms with E-state index < -0.39 is 0 Å². The number of likely N-dealkylation sites (N-methyl/N-ethyl adjacent to an activating group) is 2. The monoisotopic (exact) mass is 496 g/mol. The van der Waals surface area contributed by atoms with Gasteiger partial charge in [-0.25, -0.2) is 0 Å². The normalized spacial score (nSPS) is 22.3. The highest BCUT2D eigenvalue weighted by Gasteiger charge is 2.36. The molecule has 8 heteroatoms. The number of carbonyl (C=O) groups is 2. The molecule has 2 fully saturated rings. The minimum atomic E-state index is 0.274. The number of amides is 2. The van der Waals surface area contributed by atoms with Gasteiger partial charge in [-0.2, -0.15) is 0 Å². The topological polar surface area (TPSA) is 40.6 Å². The van der Waals surface area contributed by atoms with Crippen LogP contribution < -0.4 is 0 Å². The average Bonchev–Trinajstić information content (AvgIpc) is 2.62. The maximum absolute atomic E-state index is 12.0. The van der Waals surface area contributed by atoms with Crippen LogP contribution in [0, 0.1) is 0 Å². The first kappa shape index (κ1) is 22.1. The van der Waals surface area contributed by atoms with Crippen molar-refractivity contribution in [3.63, 3.8) is 0 Å². The van der Waals surface area contributed by atoms with Crippen molar-refractivity contribution in [2.45, 2.75) is 12.8 Å². The molecule has 0 atom stereocenters. The van der Waals surface area contributed by atoms with E-state index in [1.54, 1.807) is 0 Å². The molecular formula is C18H34Br2N4O2+2. The van der Waals surface area contributed by atoms with Gasteiger partial charge in [-0.05, 0) is 0 Å². The zero-order valence-electron chi connectivity index (χ0n) is 16.3. The lowest BCUT2D eigenvalue weighted by atomic mass is 10.2. The molecule has 0 bridgehead atoms. The Balaban J connectivity index is 1.76. The van der Waals surface area contributed by atoms with Gasteiger partial charge in [0.1, 0.15) is 13.1 Å². The first-order chi connectivity index (χ1) is 12.3. The van der Waals surface area contributed by atoms with Gasteiger partial charge in [0.15, 0.2) is 0 Å². The molecular weight excluding hydrogens is 464 g/mol. The van der Waals surface area contributed by atoms with Crippen molar-refractivity contribution in [3.8, 4) is 0 Å². The van der Waals surface area contributed by atoms with E-state index in [-0.39, 0.29) is 11.8 Å². The van der Waals surface area contributed by atoms with Crippen LogP contribution in [0.5, 0.6) is 0 Å². The van der Waals surface area contributed by atoms with Crippen LogP contribution >= 0.6 is 31.9 Å². The molecule has 0 N–H and O–H groups in total. The number of halogens is 2. The van der Waals surface area contributed by atoms with E-state index in [1.807, 2.05) is 9.80 Å². The van der Waals surface area contributed by atoms with E-state index in [4.69, 9.17) is 0 Å². The summed E-state index contributed by atoms with van der Waals surface area (Å²) in [4.78, 5) is 28.1. The highest BCUT2D eigenvalue weighted by atomic mass is 79.9. The van der Waals surface area contributed by atoms with Crippen molar-refractivity contribution in [1.29, 1.82) is 0 Å². The standard InChI is InChI=1S/C18H34Br2N4O2/c1-23(11-7-21(8-12-23)17(25)3-5-19)15-16-24(2)13-9-22(10-14-24)18(26)4-6-20/h3-16H2,1-2H3/q+2. The second-order valence-corrected chi connectivity index (χ2v) is 9.81. The first-order valence-corrected chi connectivity index (χ1v) is 11.9. The van der Waals surface area contributed by atoms with Gasteiger partial charge in [0.2, 0.25) is 11.8 Å². The molecule has 6 nitrogen and oxygen atoms in total. The summed E-state index contributed by atoms with van der Waals surface area (Å²) in [6, 6.07) is 0. The van der Waals surface area contributed by atoms with E-state index in [0.717, 1.165) is 85.1 Å². The summed E-state index contributed by atoms with van der Waals surface area (Å²) in [7, 11) is 4.66. The van der Waals surface area contributed by atoms with Gasteiger partial charge >= 0.3 is 0 Å². The van der Waals surface area contributed by atoms with E-state index in [9.17, 15) is 9.59 Å². The van der Waals surface area contributed by atoms with E-state index >= 15 is 0 Å². The van der Waals surface area contributed by atoms with Crippen LogP contribution in [-0.2, 0) is 9.59 Å². The zero-order valence-corrected chi connectivity index (χ0v) is 19.4. The molecule has 0 spiro atoms. The van der Waals surface area contributed by atoms with E-state index in [0.29, 0.717) is 12.8 Å². The van der Waals surface area contributed by atoms with Gasteiger partial charge in [-0.1, -0.05) is 31.9 Å². The van der Waals surface area contributed by atoms with Crippen LogP contribution in [0.3, 0.4) is 0 Å². The Hall–Kier alpha value is -0.180. The summed E-state index contributed by atoms with van der Waals surface area (Å²) >= 11 is 6.71. The molecule has 26 heavy (non-hydrogen) atoms.